The van der Waals surface area contributed by atoms with Crippen molar-refractivity contribution < 1.29 is 0 Å². The molecule has 2 heterocycles. The lowest BCUT2D eigenvalue weighted by atomic mass is 10.1. The summed E-state index contributed by atoms with van der Waals surface area (Å²) in [6, 6.07) is 0. The fourth-order valence-electron chi connectivity index (χ4n) is 2.14. The Kier molecular flexibility index (Phi) is 2.98. The molecule has 0 spiro atoms. The Morgan fingerprint density at radius 3 is 2.50 bits per heavy atom. The van der Waals surface area contributed by atoms with Crippen LogP contribution in [0.3, 0.4) is 0 Å². The van der Waals surface area contributed by atoms with Crippen molar-refractivity contribution in [1.29, 1.82) is 0 Å². The molecule has 2 aliphatic heterocycles. The second-order valence-electron chi connectivity index (χ2n) is 3.75. The SMILES string of the molecule is C1CCC(N2CCNCC2)NC1. The van der Waals surface area contributed by atoms with E-state index in [2.05, 4.69) is 15.5 Å². The molecule has 0 radical (unpaired) electrons. The van der Waals surface area contributed by atoms with Gasteiger partial charge >= 0.3 is 0 Å². The summed E-state index contributed by atoms with van der Waals surface area (Å²) < 4.78 is 0. The Labute approximate surface area is 74.5 Å². The first-order chi connectivity index (χ1) is 5.97. The Morgan fingerprint density at radius 2 is 1.83 bits per heavy atom. The zero-order valence-electron chi connectivity index (χ0n) is 7.68. The molecule has 2 rings (SSSR count). The number of piperazine rings is 1. The van der Waals surface area contributed by atoms with Crippen LogP contribution in [0.25, 0.3) is 0 Å². The Hall–Kier alpha value is -0.120. The van der Waals surface area contributed by atoms with Gasteiger partial charge < -0.3 is 10.6 Å². The van der Waals surface area contributed by atoms with Gasteiger partial charge in [0.2, 0.25) is 0 Å². The lowest BCUT2D eigenvalue weighted by Crippen LogP contribution is -2.54. The number of hydrogen-bond acceptors (Lipinski definition) is 3. The van der Waals surface area contributed by atoms with E-state index in [0.717, 1.165) is 13.1 Å². The fraction of sp³-hybridized carbons (Fsp3) is 1.00. The van der Waals surface area contributed by atoms with Crippen molar-refractivity contribution in [2.75, 3.05) is 32.7 Å². The van der Waals surface area contributed by atoms with E-state index in [-0.39, 0.29) is 0 Å². The maximum Gasteiger partial charge on any atom is 0.0597 e. The smallest absolute Gasteiger partial charge is 0.0597 e. The summed E-state index contributed by atoms with van der Waals surface area (Å²) in [4.78, 5) is 2.58. The van der Waals surface area contributed by atoms with E-state index >= 15 is 0 Å². The summed E-state index contributed by atoms with van der Waals surface area (Å²) in [5.74, 6) is 0. The van der Waals surface area contributed by atoms with Gasteiger partial charge in [0, 0.05) is 26.2 Å². The van der Waals surface area contributed by atoms with Gasteiger partial charge in [0.05, 0.1) is 6.17 Å². The lowest BCUT2D eigenvalue weighted by molar-refractivity contribution is 0.122. The second-order valence-corrected chi connectivity index (χ2v) is 3.75. The molecule has 3 heteroatoms. The summed E-state index contributed by atoms with van der Waals surface area (Å²) in [5, 5.41) is 6.97. The average Bonchev–Trinajstić information content (AvgIpc) is 2.21. The van der Waals surface area contributed by atoms with Crippen LogP contribution in [0.1, 0.15) is 19.3 Å². The molecule has 1 atom stereocenters. The van der Waals surface area contributed by atoms with E-state index in [1.807, 2.05) is 0 Å². The molecule has 0 bridgehead atoms. The number of nitrogens with zero attached hydrogens (tertiary/aromatic N) is 1. The van der Waals surface area contributed by atoms with E-state index in [4.69, 9.17) is 0 Å². The largest absolute Gasteiger partial charge is 0.314 e. The van der Waals surface area contributed by atoms with Crippen LogP contribution in [0.5, 0.6) is 0 Å². The summed E-state index contributed by atoms with van der Waals surface area (Å²) in [5.41, 5.74) is 0. The highest BCUT2D eigenvalue weighted by molar-refractivity contribution is 4.77. The van der Waals surface area contributed by atoms with E-state index in [0.29, 0.717) is 6.17 Å². The molecule has 1 unspecified atom stereocenters. The second kappa shape index (κ2) is 4.21. The molecule has 3 nitrogen and oxygen atoms in total. The number of piperidine rings is 1. The van der Waals surface area contributed by atoms with Gasteiger partial charge in [-0.1, -0.05) is 0 Å². The van der Waals surface area contributed by atoms with E-state index in [9.17, 15) is 0 Å². The van der Waals surface area contributed by atoms with Crippen LogP contribution in [0.4, 0.5) is 0 Å². The fourth-order valence-corrected chi connectivity index (χ4v) is 2.14. The standard InChI is InChI=1S/C9H19N3/c1-2-4-11-9(3-1)12-7-5-10-6-8-12/h9-11H,1-8H2. The van der Waals surface area contributed by atoms with Crippen LogP contribution in [0.2, 0.25) is 0 Å². The van der Waals surface area contributed by atoms with E-state index in [1.54, 1.807) is 0 Å². The van der Waals surface area contributed by atoms with Crippen LogP contribution >= 0.6 is 0 Å². The Balaban J connectivity index is 1.80. The van der Waals surface area contributed by atoms with Gasteiger partial charge in [-0.2, -0.15) is 0 Å². The Bertz CT molecular complexity index is 110. The highest BCUT2D eigenvalue weighted by atomic mass is 15.3. The van der Waals surface area contributed by atoms with E-state index < -0.39 is 0 Å². The zero-order valence-corrected chi connectivity index (χ0v) is 7.68. The molecule has 70 valence electrons. The molecule has 2 fully saturated rings. The molecule has 0 aromatic heterocycles. The highest BCUT2D eigenvalue weighted by Gasteiger charge is 2.21. The molecule has 2 N–H and O–H groups in total. The summed E-state index contributed by atoms with van der Waals surface area (Å²) in [6.45, 7) is 5.99. The molecule has 12 heavy (non-hydrogen) atoms. The minimum Gasteiger partial charge on any atom is -0.314 e. The number of hydrogen-bond donors (Lipinski definition) is 2. The average molecular weight is 169 g/mol. The predicted molar refractivity (Wildman–Crippen MR) is 50.1 cm³/mol. The zero-order chi connectivity index (χ0) is 8.23. The van der Waals surface area contributed by atoms with Gasteiger partial charge in [-0.3, -0.25) is 4.90 Å². The van der Waals surface area contributed by atoms with Crippen molar-refractivity contribution in [2.45, 2.75) is 25.4 Å². The van der Waals surface area contributed by atoms with Crippen LogP contribution in [0, 0.1) is 0 Å². The Morgan fingerprint density at radius 1 is 1.00 bits per heavy atom. The first-order valence-corrected chi connectivity index (χ1v) is 5.15. The minimum atomic E-state index is 0.681. The lowest BCUT2D eigenvalue weighted by Gasteiger charge is -2.37. The van der Waals surface area contributed by atoms with Gasteiger partial charge in [0.15, 0.2) is 0 Å². The minimum absolute atomic E-state index is 0.681. The highest BCUT2D eigenvalue weighted by Crippen LogP contribution is 2.11. The molecule has 0 amide bonds. The van der Waals surface area contributed by atoms with Gasteiger partial charge in [-0.25, -0.2) is 0 Å². The van der Waals surface area contributed by atoms with Gasteiger partial charge in [0.1, 0.15) is 0 Å². The topological polar surface area (TPSA) is 27.3 Å². The van der Waals surface area contributed by atoms with Crippen LogP contribution in [-0.2, 0) is 0 Å². The maximum atomic E-state index is 3.59. The monoisotopic (exact) mass is 169 g/mol. The third-order valence-corrected chi connectivity index (χ3v) is 2.88. The quantitative estimate of drug-likeness (QED) is 0.578. The summed E-state index contributed by atoms with van der Waals surface area (Å²) in [7, 11) is 0. The van der Waals surface area contributed by atoms with Crippen molar-refractivity contribution in [3.8, 4) is 0 Å². The molecule has 2 saturated heterocycles. The van der Waals surface area contributed by atoms with Gasteiger partial charge in [0.25, 0.3) is 0 Å². The maximum absolute atomic E-state index is 3.59. The van der Waals surface area contributed by atoms with Crippen molar-refractivity contribution in [2.24, 2.45) is 0 Å². The van der Waals surface area contributed by atoms with Crippen LogP contribution < -0.4 is 10.6 Å². The number of nitrogens with one attached hydrogen (secondary N) is 2. The molecule has 2 aliphatic rings. The first kappa shape index (κ1) is 8.48. The van der Waals surface area contributed by atoms with Crippen molar-refractivity contribution >= 4 is 0 Å². The molecule has 0 aliphatic carbocycles. The predicted octanol–water partition coefficient (Wildman–Crippen LogP) is -0.00880. The number of rotatable bonds is 1. The third kappa shape index (κ3) is 1.97. The van der Waals surface area contributed by atoms with Crippen LogP contribution in [0.15, 0.2) is 0 Å². The van der Waals surface area contributed by atoms with Crippen molar-refractivity contribution in [3.63, 3.8) is 0 Å². The molecule has 0 aromatic rings. The van der Waals surface area contributed by atoms with Crippen molar-refractivity contribution in [1.82, 2.24) is 15.5 Å². The normalized spacial score (nSPS) is 33.5. The first-order valence-electron chi connectivity index (χ1n) is 5.15. The van der Waals surface area contributed by atoms with Crippen molar-refractivity contribution in [3.05, 3.63) is 0 Å². The third-order valence-electron chi connectivity index (χ3n) is 2.88. The molecular weight excluding hydrogens is 150 g/mol. The molecule has 0 saturated carbocycles. The summed E-state index contributed by atoms with van der Waals surface area (Å²) >= 11 is 0. The van der Waals surface area contributed by atoms with Gasteiger partial charge in [-0.05, 0) is 25.8 Å². The summed E-state index contributed by atoms with van der Waals surface area (Å²) in [6.07, 6.45) is 4.80. The van der Waals surface area contributed by atoms with Gasteiger partial charge in [-0.15, -0.1) is 0 Å². The van der Waals surface area contributed by atoms with E-state index in [1.165, 1.54) is 38.9 Å². The van der Waals surface area contributed by atoms with Crippen LogP contribution in [-0.4, -0.2) is 43.8 Å². The molecular formula is C9H19N3. The molecule has 0 aromatic carbocycles.